The lowest BCUT2D eigenvalue weighted by molar-refractivity contribution is 0.102. The van der Waals surface area contributed by atoms with Gasteiger partial charge in [-0.15, -0.1) is 0 Å². The Bertz CT molecular complexity index is 601. The van der Waals surface area contributed by atoms with Gasteiger partial charge in [-0.05, 0) is 52.7 Å². The van der Waals surface area contributed by atoms with Gasteiger partial charge in [0.15, 0.2) is 0 Å². The largest absolute Gasteiger partial charge is 0.319 e. The lowest BCUT2D eigenvalue weighted by Gasteiger charge is -2.07. The molecule has 0 bridgehead atoms. The first-order valence-corrected chi connectivity index (χ1v) is 6.43. The van der Waals surface area contributed by atoms with Crippen molar-refractivity contribution in [1.82, 2.24) is 4.98 Å². The second-order valence-electron chi connectivity index (χ2n) is 3.78. The van der Waals surface area contributed by atoms with Gasteiger partial charge in [0.05, 0.1) is 10.7 Å². The SMILES string of the molecule is Cc1ccc(NC(=O)c2cccc(Br)n2)c(Cl)c1. The molecule has 0 saturated heterocycles. The van der Waals surface area contributed by atoms with Crippen molar-refractivity contribution in [1.29, 1.82) is 0 Å². The molecular weight excluding hydrogens is 316 g/mol. The van der Waals surface area contributed by atoms with E-state index in [4.69, 9.17) is 11.6 Å². The number of rotatable bonds is 2. The summed E-state index contributed by atoms with van der Waals surface area (Å²) < 4.78 is 0.616. The summed E-state index contributed by atoms with van der Waals surface area (Å²) in [5.41, 5.74) is 1.95. The molecule has 1 heterocycles. The standard InChI is InChI=1S/C13H10BrClN2O/c1-8-5-6-10(9(15)7-8)17-13(18)11-3-2-4-12(14)16-11/h2-7H,1H3,(H,17,18). The first-order chi connectivity index (χ1) is 8.56. The highest BCUT2D eigenvalue weighted by Crippen LogP contribution is 2.23. The summed E-state index contributed by atoms with van der Waals surface area (Å²) in [6.45, 7) is 1.94. The van der Waals surface area contributed by atoms with Gasteiger partial charge in [-0.2, -0.15) is 0 Å². The molecule has 1 aromatic carbocycles. The molecule has 18 heavy (non-hydrogen) atoms. The van der Waals surface area contributed by atoms with E-state index in [2.05, 4.69) is 26.2 Å². The van der Waals surface area contributed by atoms with Crippen LogP contribution in [0.25, 0.3) is 0 Å². The van der Waals surface area contributed by atoms with Crippen molar-refractivity contribution < 1.29 is 4.79 Å². The number of benzene rings is 1. The molecule has 1 amide bonds. The molecule has 0 atom stereocenters. The minimum atomic E-state index is -0.290. The van der Waals surface area contributed by atoms with Crippen LogP contribution >= 0.6 is 27.5 Å². The quantitative estimate of drug-likeness (QED) is 0.846. The predicted molar refractivity (Wildman–Crippen MR) is 76.1 cm³/mol. The van der Waals surface area contributed by atoms with Gasteiger partial charge in [0, 0.05) is 0 Å². The second-order valence-corrected chi connectivity index (χ2v) is 5.00. The van der Waals surface area contributed by atoms with E-state index in [1.54, 1.807) is 30.3 Å². The van der Waals surface area contributed by atoms with Gasteiger partial charge in [0.25, 0.3) is 5.91 Å². The Morgan fingerprint density at radius 1 is 1.33 bits per heavy atom. The number of nitrogens with zero attached hydrogens (tertiary/aromatic N) is 1. The van der Waals surface area contributed by atoms with Crippen LogP contribution < -0.4 is 5.32 Å². The van der Waals surface area contributed by atoms with E-state index in [1.807, 2.05) is 13.0 Å². The fourth-order valence-electron chi connectivity index (χ4n) is 1.44. The summed E-state index contributed by atoms with van der Waals surface area (Å²) in [6.07, 6.45) is 0. The van der Waals surface area contributed by atoms with E-state index in [9.17, 15) is 4.79 Å². The van der Waals surface area contributed by atoms with Crippen molar-refractivity contribution in [3.05, 3.63) is 57.3 Å². The van der Waals surface area contributed by atoms with E-state index in [-0.39, 0.29) is 5.91 Å². The van der Waals surface area contributed by atoms with Crippen LogP contribution in [-0.2, 0) is 0 Å². The normalized spacial score (nSPS) is 10.2. The first kappa shape index (κ1) is 13.1. The molecule has 0 aliphatic rings. The molecule has 0 spiro atoms. The monoisotopic (exact) mass is 324 g/mol. The number of hydrogen-bond donors (Lipinski definition) is 1. The van der Waals surface area contributed by atoms with Crippen molar-refractivity contribution in [2.24, 2.45) is 0 Å². The van der Waals surface area contributed by atoms with Crippen LogP contribution in [-0.4, -0.2) is 10.9 Å². The third kappa shape index (κ3) is 3.09. The van der Waals surface area contributed by atoms with Gasteiger partial charge >= 0.3 is 0 Å². The van der Waals surface area contributed by atoms with Gasteiger partial charge in [-0.25, -0.2) is 4.98 Å². The lowest BCUT2D eigenvalue weighted by Crippen LogP contribution is -2.13. The Morgan fingerprint density at radius 3 is 2.78 bits per heavy atom. The highest BCUT2D eigenvalue weighted by molar-refractivity contribution is 9.10. The van der Waals surface area contributed by atoms with E-state index in [0.717, 1.165) is 5.56 Å². The minimum absolute atomic E-state index is 0.290. The molecule has 92 valence electrons. The molecule has 1 aromatic heterocycles. The summed E-state index contributed by atoms with van der Waals surface area (Å²) in [5.74, 6) is -0.290. The number of aromatic nitrogens is 1. The summed E-state index contributed by atoms with van der Waals surface area (Å²) in [5, 5.41) is 3.24. The summed E-state index contributed by atoms with van der Waals surface area (Å²) >= 11 is 9.27. The zero-order valence-corrected chi connectivity index (χ0v) is 11.9. The fraction of sp³-hybridized carbons (Fsp3) is 0.0769. The highest BCUT2D eigenvalue weighted by atomic mass is 79.9. The zero-order chi connectivity index (χ0) is 13.1. The lowest BCUT2D eigenvalue weighted by atomic mass is 10.2. The van der Waals surface area contributed by atoms with Gasteiger partial charge in [-0.1, -0.05) is 23.7 Å². The maximum absolute atomic E-state index is 12.0. The van der Waals surface area contributed by atoms with Crippen LogP contribution in [0.2, 0.25) is 5.02 Å². The number of aryl methyl sites for hydroxylation is 1. The summed E-state index contributed by atoms with van der Waals surface area (Å²) in [4.78, 5) is 16.0. The summed E-state index contributed by atoms with van der Waals surface area (Å²) in [7, 11) is 0. The van der Waals surface area contributed by atoms with Crippen molar-refractivity contribution in [2.45, 2.75) is 6.92 Å². The Kier molecular flexibility index (Phi) is 3.99. The maximum Gasteiger partial charge on any atom is 0.274 e. The molecule has 3 nitrogen and oxygen atoms in total. The Labute approximate surface area is 118 Å². The molecule has 0 unspecified atom stereocenters. The predicted octanol–water partition coefficient (Wildman–Crippen LogP) is 4.06. The average Bonchev–Trinajstić information content (AvgIpc) is 2.32. The number of hydrogen-bond acceptors (Lipinski definition) is 2. The molecule has 0 radical (unpaired) electrons. The molecule has 2 aromatic rings. The maximum atomic E-state index is 12.0. The smallest absolute Gasteiger partial charge is 0.274 e. The number of nitrogens with one attached hydrogen (secondary N) is 1. The number of halogens is 2. The number of carbonyl (C=O) groups is 1. The number of carbonyl (C=O) groups excluding carboxylic acids is 1. The molecule has 1 N–H and O–H groups in total. The topological polar surface area (TPSA) is 42.0 Å². The van der Waals surface area contributed by atoms with Gasteiger partial charge < -0.3 is 5.32 Å². The van der Waals surface area contributed by atoms with Crippen molar-refractivity contribution in [3.8, 4) is 0 Å². The van der Waals surface area contributed by atoms with Crippen molar-refractivity contribution >= 4 is 39.1 Å². The van der Waals surface area contributed by atoms with Crippen molar-refractivity contribution in [2.75, 3.05) is 5.32 Å². The third-order valence-electron chi connectivity index (χ3n) is 2.32. The van der Waals surface area contributed by atoms with E-state index in [0.29, 0.717) is 21.0 Å². The Morgan fingerprint density at radius 2 is 2.11 bits per heavy atom. The number of pyridine rings is 1. The molecule has 5 heteroatoms. The number of amides is 1. The average molecular weight is 326 g/mol. The van der Waals surface area contributed by atoms with Crippen LogP contribution in [0.4, 0.5) is 5.69 Å². The van der Waals surface area contributed by atoms with Crippen LogP contribution in [0.3, 0.4) is 0 Å². The number of anilines is 1. The first-order valence-electron chi connectivity index (χ1n) is 5.26. The molecule has 0 fully saturated rings. The molecular formula is C13H10BrClN2O. The molecule has 2 rings (SSSR count). The highest BCUT2D eigenvalue weighted by Gasteiger charge is 2.09. The summed E-state index contributed by atoms with van der Waals surface area (Å²) in [6, 6.07) is 10.6. The van der Waals surface area contributed by atoms with Gasteiger partial charge in [0.1, 0.15) is 10.3 Å². The van der Waals surface area contributed by atoms with Crippen LogP contribution in [0.1, 0.15) is 16.1 Å². The van der Waals surface area contributed by atoms with Crippen LogP contribution in [0, 0.1) is 6.92 Å². The van der Waals surface area contributed by atoms with Gasteiger partial charge in [0.2, 0.25) is 0 Å². The molecule has 0 saturated carbocycles. The van der Waals surface area contributed by atoms with E-state index >= 15 is 0 Å². The Hall–Kier alpha value is -1.39. The Balaban J connectivity index is 2.21. The minimum Gasteiger partial charge on any atom is -0.319 e. The molecule has 0 aliphatic carbocycles. The second kappa shape index (κ2) is 5.50. The van der Waals surface area contributed by atoms with Crippen molar-refractivity contribution in [3.63, 3.8) is 0 Å². The third-order valence-corrected chi connectivity index (χ3v) is 3.07. The van der Waals surface area contributed by atoms with Gasteiger partial charge in [-0.3, -0.25) is 4.79 Å². The van der Waals surface area contributed by atoms with E-state index < -0.39 is 0 Å². The molecule has 0 aliphatic heterocycles. The van der Waals surface area contributed by atoms with Crippen LogP contribution in [0.5, 0.6) is 0 Å². The van der Waals surface area contributed by atoms with E-state index in [1.165, 1.54) is 0 Å². The fourth-order valence-corrected chi connectivity index (χ4v) is 2.07. The van der Waals surface area contributed by atoms with Crippen LogP contribution in [0.15, 0.2) is 41.0 Å². The zero-order valence-electron chi connectivity index (χ0n) is 9.58.